The summed E-state index contributed by atoms with van der Waals surface area (Å²) in [6, 6.07) is 12.1. The standard InChI is InChI=1S/C24H32ClN3O2/c1-5-26-24(29)22-12-20(15-28(22)14-19-8-6-7-9-21(19)25)27-13-18-10-11-23(30-4)17(3)16(18)2/h6-11,20,22,27H,5,12-15H2,1-4H3,(H,26,29)/t20-,22-/m0/s1. The van der Waals surface area contributed by atoms with E-state index < -0.39 is 0 Å². The Bertz CT molecular complexity index is 887. The highest BCUT2D eigenvalue weighted by atomic mass is 35.5. The van der Waals surface area contributed by atoms with Crippen LogP contribution < -0.4 is 15.4 Å². The van der Waals surface area contributed by atoms with Crippen LogP contribution in [0.4, 0.5) is 0 Å². The smallest absolute Gasteiger partial charge is 0.237 e. The van der Waals surface area contributed by atoms with Crippen LogP contribution in [0, 0.1) is 13.8 Å². The molecule has 0 radical (unpaired) electrons. The molecule has 0 unspecified atom stereocenters. The fraction of sp³-hybridized carbons (Fsp3) is 0.458. The van der Waals surface area contributed by atoms with Crippen molar-refractivity contribution in [2.24, 2.45) is 0 Å². The van der Waals surface area contributed by atoms with Crippen molar-refractivity contribution in [3.63, 3.8) is 0 Å². The predicted octanol–water partition coefficient (Wildman–Crippen LogP) is 3.83. The fourth-order valence-electron chi connectivity index (χ4n) is 4.16. The lowest BCUT2D eigenvalue weighted by atomic mass is 10.0. The molecule has 0 aromatic heterocycles. The summed E-state index contributed by atoms with van der Waals surface area (Å²) < 4.78 is 5.42. The van der Waals surface area contributed by atoms with Gasteiger partial charge in [-0.3, -0.25) is 9.69 Å². The van der Waals surface area contributed by atoms with E-state index in [-0.39, 0.29) is 18.0 Å². The SMILES string of the molecule is CCNC(=O)[C@@H]1C[C@H](NCc2ccc(OC)c(C)c2C)CN1Cc1ccccc1Cl. The Labute approximate surface area is 184 Å². The first-order chi connectivity index (χ1) is 14.4. The first-order valence-corrected chi connectivity index (χ1v) is 10.9. The minimum Gasteiger partial charge on any atom is -0.496 e. The van der Waals surface area contributed by atoms with E-state index in [0.29, 0.717) is 13.1 Å². The zero-order valence-corrected chi connectivity index (χ0v) is 19.1. The number of nitrogens with zero attached hydrogens (tertiary/aromatic N) is 1. The number of methoxy groups -OCH3 is 1. The number of likely N-dealkylation sites (tertiary alicyclic amines) is 1. The largest absolute Gasteiger partial charge is 0.496 e. The molecule has 0 bridgehead atoms. The Morgan fingerprint density at radius 3 is 2.63 bits per heavy atom. The van der Waals surface area contributed by atoms with E-state index >= 15 is 0 Å². The molecule has 2 N–H and O–H groups in total. The monoisotopic (exact) mass is 429 g/mol. The second-order valence-corrected chi connectivity index (χ2v) is 8.33. The molecular formula is C24H32ClN3O2. The third-order valence-electron chi connectivity index (χ3n) is 6.04. The third kappa shape index (κ3) is 5.15. The van der Waals surface area contributed by atoms with Crippen molar-refractivity contribution in [2.45, 2.75) is 52.4 Å². The molecule has 1 aliphatic rings. The number of benzene rings is 2. The van der Waals surface area contributed by atoms with Crippen LogP contribution in [0.1, 0.15) is 35.6 Å². The van der Waals surface area contributed by atoms with Crippen LogP contribution in [0.25, 0.3) is 0 Å². The van der Waals surface area contributed by atoms with Gasteiger partial charge in [-0.2, -0.15) is 0 Å². The second kappa shape index (κ2) is 10.3. The summed E-state index contributed by atoms with van der Waals surface area (Å²) in [5.41, 5.74) is 4.72. The van der Waals surface area contributed by atoms with Gasteiger partial charge < -0.3 is 15.4 Å². The van der Waals surface area contributed by atoms with Crippen LogP contribution in [-0.2, 0) is 17.9 Å². The van der Waals surface area contributed by atoms with Gasteiger partial charge in [0.05, 0.1) is 13.2 Å². The molecule has 3 rings (SSSR count). The van der Waals surface area contributed by atoms with Crippen molar-refractivity contribution in [3.8, 4) is 5.75 Å². The van der Waals surface area contributed by atoms with Gasteiger partial charge in [-0.15, -0.1) is 0 Å². The normalized spacial score (nSPS) is 19.1. The van der Waals surface area contributed by atoms with Gasteiger partial charge >= 0.3 is 0 Å². The maximum atomic E-state index is 12.7. The number of hydrogen-bond donors (Lipinski definition) is 2. The van der Waals surface area contributed by atoms with E-state index in [1.54, 1.807) is 7.11 Å². The molecule has 5 nitrogen and oxygen atoms in total. The number of rotatable bonds is 8. The summed E-state index contributed by atoms with van der Waals surface area (Å²) in [7, 11) is 1.70. The predicted molar refractivity (Wildman–Crippen MR) is 122 cm³/mol. The van der Waals surface area contributed by atoms with Gasteiger partial charge in [-0.1, -0.05) is 35.9 Å². The van der Waals surface area contributed by atoms with Gasteiger partial charge in [0.25, 0.3) is 0 Å². The van der Waals surface area contributed by atoms with Crippen LogP contribution in [0.2, 0.25) is 5.02 Å². The van der Waals surface area contributed by atoms with Crippen LogP contribution in [0.15, 0.2) is 36.4 Å². The van der Waals surface area contributed by atoms with E-state index in [9.17, 15) is 4.79 Å². The van der Waals surface area contributed by atoms with Crippen molar-refractivity contribution >= 4 is 17.5 Å². The lowest BCUT2D eigenvalue weighted by Gasteiger charge is -2.23. The molecule has 2 atom stereocenters. The molecule has 1 fully saturated rings. The molecule has 0 saturated carbocycles. The number of carbonyl (C=O) groups excluding carboxylic acids is 1. The van der Waals surface area contributed by atoms with E-state index in [1.807, 2.05) is 37.3 Å². The van der Waals surface area contributed by atoms with Gasteiger partial charge in [0.1, 0.15) is 5.75 Å². The van der Waals surface area contributed by atoms with Crippen molar-refractivity contribution in [1.29, 1.82) is 0 Å². The number of hydrogen-bond acceptors (Lipinski definition) is 4. The van der Waals surface area contributed by atoms with E-state index in [2.05, 4.69) is 35.4 Å². The van der Waals surface area contributed by atoms with Crippen LogP contribution in [-0.4, -0.2) is 43.1 Å². The molecule has 0 aliphatic carbocycles. The molecule has 2 aromatic carbocycles. The first kappa shape index (κ1) is 22.6. The fourth-order valence-corrected chi connectivity index (χ4v) is 4.35. The maximum absolute atomic E-state index is 12.7. The zero-order chi connectivity index (χ0) is 21.7. The molecule has 0 spiro atoms. The molecule has 1 aliphatic heterocycles. The number of likely N-dealkylation sites (N-methyl/N-ethyl adjacent to an activating group) is 1. The topological polar surface area (TPSA) is 53.6 Å². The lowest BCUT2D eigenvalue weighted by Crippen LogP contribution is -2.42. The molecule has 1 amide bonds. The number of nitrogens with one attached hydrogen (secondary N) is 2. The zero-order valence-electron chi connectivity index (χ0n) is 18.3. The average Bonchev–Trinajstić information content (AvgIpc) is 3.14. The molecule has 6 heteroatoms. The molecule has 1 saturated heterocycles. The Kier molecular flexibility index (Phi) is 7.75. The highest BCUT2D eigenvalue weighted by Gasteiger charge is 2.36. The van der Waals surface area contributed by atoms with E-state index in [1.165, 1.54) is 16.7 Å². The Morgan fingerprint density at radius 2 is 1.93 bits per heavy atom. The highest BCUT2D eigenvalue weighted by Crippen LogP contribution is 2.26. The first-order valence-electron chi connectivity index (χ1n) is 10.6. The van der Waals surface area contributed by atoms with E-state index in [4.69, 9.17) is 16.3 Å². The summed E-state index contributed by atoms with van der Waals surface area (Å²) in [6.07, 6.45) is 0.782. The summed E-state index contributed by atoms with van der Waals surface area (Å²) in [5, 5.41) is 7.39. The summed E-state index contributed by atoms with van der Waals surface area (Å²) in [4.78, 5) is 14.9. The van der Waals surface area contributed by atoms with Gasteiger partial charge in [0.2, 0.25) is 5.91 Å². The minimum absolute atomic E-state index is 0.0883. The molecule has 1 heterocycles. The Morgan fingerprint density at radius 1 is 1.17 bits per heavy atom. The number of halogens is 1. The van der Waals surface area contributed by atoms with Crippen molar-refractivity contribution in [3.05, 3.63) is 63.7 Å². The molecule has 162 valence electrons. The van der Waals surface area contributed by atoms with Crippen molar-refractivity contribution in [2.75, 3.05) is 20.2 Å². The lowest BCUT2D eigenvalue weighted by molar-refractivity contribution is -0.125. The number of ether oxygens (including phenoxy) is 1. The van der Waals surface area contributed by atoms with Gasteiger partial charge in [-0.05, 0) is 61.6 Å². The van der Waals surface area contributed by atoms with Gasteiger partial charge in [0, 0.05) is 37.2 Å². The summed E-state index contributed by atoms with van der Waals surface area (Å²) >= 11 is 6.37. The Hall–Kier alpha value is -2.08. The summed E-state index contributed by atoms with van der Waals surface area (Å²) in [5.74, 6) is 1.00. The van der Waals surface area contributed by atoms with Crippen LogP contribution >= 0.6 is 11.6 Å². The van der Waals surface area contributed by atoms with Crippen LogP contribution in [0.5, 0.6) is 5.75 Å². The second-order valence-electron chi connectivity index (χ2n) is 7.92. The number of amides is 1. The minimum atomic E-state index is -0.155. The summed E-state index contributed by atoms with van der Waals surface area (Å²) in [6.45, 7) is 9.05. The quantitative estimate of drug-likeness (QED) is 0.669. The van der Waals surface area contributed by atoms with Gasteiger partial charge in [0.15, 0.2) is 0 Å². The Balaban J connectivity index is 1.70. The van der Waals surface area contributed by atoms with Crippen LogP contribution in [0.3, 0.4) is 0 Å². The maximum Gasteiger partial charge on any atom is 0.237 e. The molecule has 2 aromatic rings. The third-order valence-corrected chi connectivity index (χ3v) is 6.41. The van der Waals surface area contributed by atoms with Crippen molar-refractivity contribution in [1.82, 2.24) is 15.5 Å². The molecule has 30 heavy (non-hydrogen) atoms. The molecular weight excluding hydrogens is 398 g/mol. The van der Waals surface area contributed by atoms with Gasteiger partial charge in [-0.25, -0.2) is 0 Å². The van der Waals surface area contributed by atoms with Crippen molar-refractivity contribution < 1.29 is 9.53 Å². The average molecular weight is 430 g/mol. The highest BCUT2D eigenvalue weighted by molar-refractivity contribution is 6.31. The van der Waals surface area contributed by atoms with E-state index in [0.717, 1.165) is 35.8 Å². The number of carbonyl (C=O) groups is 1.